The normalized spacial score (nSPS) is 17.6. The second-order valence-electron chi connectivity index (χ2n) is 6.16. The van der Waals surface area contributed by atoms with Crippen LogP contribution in [0.1, 0.15) is 30.1 Å². The topological polar surface area (TPSA) is 72.1 Å². The van der Waals surface area contributed by atoms with Crippen LogP contribution in [0.5, 0.6) is 0 Å². The second kappa shape index (κ2) is 7.14. The van der Waals surface area contributed by atoms with Gasteiger partial charge in [-0.1, -0.05) is 11.2 Å². The van der Waals surface area contributed by atoms with Crippen LogP contribution < -0.4 is 0 Å². The minimum Gasteiger partial charge on any atom is -0.342 e. The molecule has 1 saturated heterocycles. The van der Waals surface area contributed by atoms with Crippen molar-refractivity contribution < 1.29 is 9.32 Å². The number of hydrogen-bond acceptors (Lipinski definition) is 6. The number of piperidine rings is 1. The van der Waals surface area contributed by atoms with Crippen LogP contribution in [0.3, 0.4) is 0 Å². The Balaban J connectivity index is 1.44. The van der Waals surface area contributed by atoms with Crippen LogP contribution in [0.15, 0.2) is 45.7 Å². The quantitative estimate of drug-likeness (QED) is 0.720. The van der Waals surface area contributed by atoms with E-state index >= 15 is 0 Å². The Morgan fingerprint density at radius 2 is 2.32 bits per heavy atom. The van der Waals surface area contributed by atoms with Gasteiger partial charge >= 0.3 is 0 Å². The number of likely N-dealkylation sites (tertiary alicyclic amines) is 1. The van der Waals surface area contributed by atoms with E-state index in [1.807, 2.05) is 39.9 Å². The maximum atomic E-state index is 12.5. The smallest absolute Gasteiger partial charge is 0.276 e. The molecule has 0 aromatic carbocycles. The van der Waals surface area contributed by atoms with E-state index in [1.165, 1.54) is 0 Å². The number of aromatic nitrogens is 3. The molecule has 3 aromatic heterocycles. The predicted molar refractivity (Wildman–Crippen MR) is 94.1 cm³/mol. The van der Waals surface area contributed by atoms with Crippen molar-refractivity contribution in [2.45, 2.75) is 25.2 Å². The molecule has 3 aromatic rings. The molecule has 25 heavy (non-hydrogen) atoms. The van der Waals surface area contributed by atoms with Crippen LogP contribution in [0.2, 0.25) is 0 Å². The second-order valence-corrected chi connectivity index (χ2v) is 6.94. The number of pyridine rings is 1. The van der Waals surface area contributed by atoms with Gasteiger partial charge in [-0.3, -0.25) is 9.78 Å². The number of carbonyl (C=O) groups is 1. The van der Waals surface area contributed by atoms with Gasteiger partial charge in [0.25, 0.3) is 5.89 Å². The summed E-state index contributed by atoms with van der Waals surface area (Å²) < 4.78 is 5.36. The Morgan fingerprint density at radius 3 is 3.12 bits per heavy atom. The molecule has 0 N–H and O–H groups in total. The highest BCUT2D eigenvalue weighted by Gasteiger charge is 2.28. The van der Waals surface area contributed by atoms with Crippen molar-refractivity contribution in [1.29, 1.82) is 0 Å². The standard InChI is InChI=1S/C18H18N4O2S/c23-16(10-13-6-9-25-12-13)22-8-3-4-14(11-22)17-20-18(24-21-17)15-5-1-2-7-19-15/h1-2,5-7,9,12,14H,3-4,8,10-11H2. The molecule has 1 aliphatic heterocycles. The van der Waals surface area contributed by atoms with Crippen LogP contribution in [0.4, 0.5) is 0 Å². The summed E-state index contributed by atoms with van der Waals surface area (Å²) in [6, 6.07) is 7.58. The number of hydrogen-bond donors (Lipinski definition) is 0. The summed E-state index contributed by atoms with van der Waals surface area (Å²) in [6.45, 7) is 1.44. The van der Waals surface area contributed by atoms with E-state index < -0.39 is 0 Å². The molecular formula is C18H18N4O2S. The molecule has 1 amide bonds. The van der Waals surface area contributed by atoms with Crippen molar-refractivity contribution in [2.75, 3.05) is 13.1 Å². The summed E-state index contributed by atoms with van der Waals surface area (Å²) in [4.78, 5) is 23.2. The van der Waals surface area contributed by atoms with Gasteiger partial charge in [0.15, 0.2) is 5.82 Å². The number of amides is 1. The highest BCUT2D eigenvalue weighted by atomic mass is 32.1. The number of thiophene rings is 1. The van der Waals surface area contributed by atoms with Crippen LogP contribution in [0, 0.1) is 0 Å². The molecule has 0 aliphatic carbocycles. The molecule has 4 rings (SSSR count). The van der Waals surface area contributed by atoms with Gasteiger partial charge in [0.2, 0.25) is 5.91 Å². The van der Waals surface area contributed by atoms with Crippen molar-refractivity contribution in [3.63, 3.8) is 0 Å². The lowest BCUT2D eigenvalue weighted by molar-refractivity contribution is -0.131. The fourth-order valence-corrected chi connectivity index (χ4v) is 3.76. The fraction of sp³-hybridized carbons (Fsp3) is 0.333. The summed E-state index contributed by atoms with van der Waals surface area (Å²) in [5, 5.41) is 8.15. The molecule has 0 spiro atoms. The molecular weight excluding hydrogens is 336 g/mol. The Kier molecular flexibility index (Phi) is 4.56. The first-order chi connectivity index (χ1) is 12.3. The van der Waals surface area contributed by atoms with Gasteiger partial charge in [-0.2, -0.15) is 16.3 Å². The van der Waals surface area contributed by atoms with Crippen molar-refractivity contribution in [1.82, 2.24) is 20.0 Å². The van der Waals surface area contributed by atoms with Crippen LogP contribution in [0.25, 0.3) is 11.6 Å². The molecule has 128 valence electrons. The highest BCUT2D eigenvalue weighted by molar-refractivity contribution is 7.08. The Hall–Kier alpha value is -2.54. The molecule has 0 radical (unpaired) electrons. The van der Waals surface area contributed by atoms with Crippen LogP contribution in [-0.4, -0.2) is 39.0 Å². The average molecular weight is 354 g/mol. The fourth-order valence-electron chi connectivity index (χ4n) is 3.09. The van der Waals surface area contributed by atoms with Gasteiger partial charge in [0.05, 0.1) is 6.42 Å². The predicted octanol–water partition coefficient (Wildman–Crippen LogP) is 3.14. The van der Waals surface area contributed by atoms with E-state index in [0.717, 1.165) is 24.9 Å². The zero-order valence-electron chi connectivity index (χ0n) is 13.7. The molecule has 1 atom stereocenters. The average Bonchev–Trinajstić information content (AvgIpc) is 3.34. The van der Waals surface area contributed by atoms with Gasteiger partial charge < -0.3 is 9.42 Å². The lowest BCUT2D eigenvalue weighted by Gasteiger charge is -2.31. The first kappa shape index (κ1) is 16.0. The maximum Gasteiger partial charge on any atom is 0.276 e. The zero-order valence-corrected chi connectivity index (χ0v) is 14.5. The minimum atomic E-state index is 0.112. The molecule has 1 fully saturated rings. The van der Waals surface area contributed by atoms with E-state index in [9.17, 15) is 4.79 Å². The van der Waals surface area contributed by atoms with Crippen molar-refractivity contribution >= 4 is 17.2 Å². The van der Waals surface area contributed by atoms with Gasteiger partial charge in [0.1, 0.15) is 5.69 Å². The monoisotopic (exact) mass is 354 g/mol. The first-order valence-electron chi connectivity index (χ1n) is 8.33. The highest BCUT2D eigenvalue weighted by Crippen LogP contribution is 2.27. The molecule has 1 unspecified atom stereocenters. The number of nitrogens with zero attached hydrogens (tertiary/aromatic N) is 4. The minimum absolute atomic E-state index is 0.112. The largest absolute Gasteiger partial charge is 0.342 e. The third kappa shape index (κ3) is 3.61. The molecule has 0 bridgehead atoms. The number of carbonyl (C=O) groups excluding carboxylic acids is 1. The van der Waals surface area contributed by atoms with Crippen LogP contribution >= 0.6 is 11.3 Å². The molecule has 6 nitrogen and oxygen atoms in total. The van der Waals surface area contributed by atoms with E-state index in [1.54, 1.807) is 17.5 Å². The van der Waals surface area contributed by atoms with Gasteiger partial charge in [-0.15, -0.1) is 0 Å². The van der Waals surface area contributed by atoms with E-state index in [0.29, 0.717) is 30.4 Å². The maximum absolute atomic E-state index is 12.5. The molecule has 0 saturated carbocycles. The van der Waals surface area contributed by atoms with E-state index in [-0.39, 0.29) is 11.8 Å². The summed E-state index contributed by atoms with van der Waals surface area (Å²) in [6.07, 6.45) is 4.07. The van der Waals surface area contributed by atoms with Crippen molar-refractivity contribution in [3.05, 3.63) is 52.6 Å². The summed E-state index contributed by atoms with van der Waals surface area (Å²) in [5.74, 6) is 1.36. The van der Waals surface area contributed by atoms with Crippen molar-refractivity contribution in [3.8, 4) is 11.6 Å². The lowest BCUT2D eigenvalue weighted by Crippen LogP contribution is -2.40. The number of rotatable bonds is 4. The third-order valence-corrected chi connectivity index (χ3v) is 5.13. The molecule has 4 heterocycles. The van der Waals surface area contributed by atoms with E-state index in [4.69, 9.17) is 4.52 Å². The molecule has 1 aliphatic rings. The van der Waals surface area contributed by atoms with E-state index in [2.05, 4.69) is 15.1 Å². The van der Waals surface area contributed by atoms with Crippen molar-refractivity contribution in [2.24, 2.45) is 0 Å². The van der Waals surface area contributed by atoms with Gasteiger partial charge in [0, 0.05) is 25.2 Å². The zero-order chi connectivity index (χ0) is 17.1. The molecule has 7 heteroatoms. The Bertz CT molecular complexity index is 832. The summed E-state index contributed by atoms with van der Waals surface area (Å²) in [5.41, 5.74) is 1.75. The Morgan fingerprint density at radius 1 is 1.36 bits per heavy atom. The third-order valence-electron chi connectivity index (χ3n) is 4.40. The Labute approximate surface area is 149 Å². The summed E-state index contributed by atoms with van der Waals surface area (Å²) in [7, 11) is 0. The van der Waals surface area contributed by atoms with Crippen LogP contribution in [-0.2, 0) is 11.2 Å². The van der Waals surface area contributed by atoms with Gasteiger partial charge in [-0.25, -0.2) is 0 Å². The summed E-state index contributed by atoms with van der Waals surface area (Å²) >= 11 is 1.62. The first-order valence-corrected chi connectivity index (χ1v) is 9.28. The van der Waals surface area contributed by atoms with Gasteiger partial charge in [-0.05, 0) is 47.4 Å². The SMILES string of the molecule is O=C(Cc1ccsc1)N1CCCC(c2noc(-c3ccccn3)n2)C1. The lowest BCUT2D eigenvalue weighted by atomic mass is 9.97.